The van der Waals surface area contributed by atoms with Crippen molar-refractivity contribution in [3.05, 3.63) is 26.6 Å². The highest BCUT2D eigenvalue weighted by Gasteiger charge is 2.19. The number of hydrogen-bond donors (Lipinski definition) is 0. The van der Waals surface area contributed by atoms with Gasteiger partial charge in [0.25, 0.3) is 0 Å². The van der Waals surface area contributed by atoms with Crippen molar-refractivity contribution in [2.24, 2.45) is 0 Å². The molecule has 1 rings (SSSR count). The highest BCUT2D eigenvalue weighted by Crippen LogP contribution is 2.35. The van der Waals surface area contributed by atoms with E-state index in [9.17, 15) is 13.6 Å². The number of Topliss-reactive ketones (excluding diaryl/α,β-unsaturated/α-hetero) is 1. The Morgan fingerprint density at radius 1 is 1.33 bits per heavy atom. The second-order valence-corrected chi connectivity index (χ2v) is 4.38. The lowest BCUT2D eigenvalue weighted by Crippen LogP contribution is -2.07. The van der Waals surface area contributed by atoms with Gasteiger partial charge in [0, 0.05) is 4.47 Å². The third-order valence-corrected chi connectivity index (χ3v) is 2.90. The molecule has 0 saturated carbocycles. The first-order chi connectivity index (χ1) is 6.93. The zero-order valence-electron chi connectivity index (χ0n) is 7.56. The summed E-state index contributed by atoms with van der Waals surface area (Å²) in [6.45, 7) is -1.68. The molecule has 82 valence electrons. The fourth-order valence-corrected chi connectivity index (χ4v) is 2.08. The average molecular weight is 344 g/mol. The zero-order valence-corrected chi connectivity index (χ0v) is 10.7. The molecule has 6 heteroatoms. The van der Waals surface area contributed by atoms with Crippen LogP contribution in [0, 0.1) is 0 Å². The van der Waals surface area contributed by atoms with E-state index in [2.05, 4.69) is 36.6 Å². The highest BCUT2D eigenvalue weighted by molar-refractivity contribution is 9.11. The smallest absolute Gasteiger partial charge is 0.387 e. The van der Waals surface area contributed by atoms with Crippen LogP contribution in [0.1, 0.15) is 17.3 Å². The van der Waals surface area contributed by atoms with Crippen molar-refractivity contribution in [1.82, 2.24) is 0 Å². The van der Waals surface area contributed by atoms with Gasteiger partial charge < -0.3 is 4.74 Å². The minimum absolute atomic E-state index is 0.102. The Morgan fingerprint density at radius 3 is 2.33 bits per heavy atom. The number of alkyl halides is 2. The molecule has 0 aliphatic heterocycles. The van der Waals surface area contributed by atoms with Crippen molar-refractivity contribution < 1.29 is 18.3 Å². The molecular weight excluding hydrogens is 338 g/mol. The van der Waals surface area contributed by atoms with E-state index < -0.39 is 6.61 Å². The molecule has 0 aromatic heterocycles. The molecule has 0 heterocycles. The molecule has 0 saturated heterocycles. The van der Waals surface area contributed by atoms with Gasteiger partial charge in [-0.3, -0.25) is 4.79 Å². The van der Waals surface area contributed by atoms with E-state index in [0.29, 0.717) is 8.95 Å². The van der Waals surface area contributed by atoms with Gasteiger partial charge in [-0.25, -0.2) is 0 Å². The molecule has 0 radical (unpaired) electrons. The summed E-state index contributed by atoms with van der Waals surface area (Å²) >= 11 is 6.15. The summed E-state index contributed by atoms with van der Waals surface area (Å²) in [5, 5.41) is 0. The van der Waals surface area contributed by atoms with Crippen LogP contribution >= 0.6 is 31.9 Å². The largest absolute Gasteiger partial charge is 0.433 e. The maximum Gasteiger partial charge on any atom is 0.387 e. The van der Waals surface area contributed by atoms with Gasteiger partial charge in [0.05, 0.1) is 10.0 Å². The third-order valence-electron chi connectivity index (χ3n) is 1.62. The minimum atomic E-state index is -2.96. The van der Waals surface area contributed by atoms with Gasteiger partial charge in [-0.1, -0.05) is 0 Å². The lowest BCUT2D eigenvalue weighted by Gasteiger charge is -2.11. The summed E-state index contributed by atoms with van der Waals surface area (Å²) in [5.74, 6) is -0.495. The topological polar surface area (TPSA) is 26.3 Å². The van der Waals surface area contributed by atoms with Crippen LogP contribution in [0.3, 0.4) is 0 Å². The van der Waals surface area contributed by atoms with Crippen molar-refractivity contribution in [1.29, 1.82) is 0 Å². The first-order valence-corrected chi connectivity index (χ1v) is 5.46. The van der Waals surface area contributed by atoms with Gasteiger partial charge in [0.15, 0.2) is 11.5 Å². The average Bonchev–Trinajstić information content (AvgIpc) is 2.10. The Balaban J connectivity index is 3.31. The van der Waals surface area contributed by atoms with E-state index in [4.69, 9.17) is 0 Å². The molecule has 0 spiro atoms. The van der Waals surface area contributed by atoms with Crippen LogP contribution in [0.5, 0.6) is 5.75 Å². The minimum Gasteiger partial charge on any atom is -0.433 e. The van der Waals surface area contributed by atoms with Crippen LogP contribution in [0.4, 0.5) is 8.78 Å². The number of ether oxygens (including phenoxy) is 1. The molecular formula is C9H6Br2F2O2. The van der Waals surface area contributed by atoms with E-state index in [1.165, 1.54) is 13.0 Å². The lowest BCUT2D eigenvalue weighted by molar-refractivity contribution is -0.0506. The highest BCUT2D eigenvalue weighted by atomic mass is 79.9. The molecule has 0 amide bonds. The molecule has 1 aromatic rings. The second kappa shape index (κ2) is 5.03. The van der Waals surface area contributed by atoms with Crippen LogP contribution in [-0.4, -0.2) is 12.4 Å². The summed E-state index contributed by atoms with van der Waals surface area (Å²) in [5.41, 5.74) is 0.102. The number of halogens is 4. The molecule has 0 aliphatic carbocycles. The van der Waals surface area contributed by atoms with Gasteiger partial charge in [0.1, 0.15) is 0 Å². The van der Waals surface area contributed by atoms with Crippen LogP contribution in [-0.2, 0) is 0 Å². The van der Waals surface area contributed by atoms with Crippen molar-refractivity contribution in [3.63, 3.8) is 0 Å². The van der Waals surface area contributed by atoms with E-state index in [-0.39, 0.29) is 17.1 Å². The summed E-state index contributed by atoms with van der Waals surface area (Å²) < 4.78 is 29.2. The van der Waals surface area contributed by atoms with Crippen LogP contribution in [0.15, 0.2) is 21.1 Å². The monoisotopic (exact) mass is 342 g/mol. The predicted octanol–water partition coefficient (Wildman–Crippen LogP) is 4.02. The number of rotatable bonds is 3. The van der Waals surface area contributed by atoms with E-state index in [1.54, 1.807) is 6.07 Å². The Hall–Kier alpha value is -0.490. The maximum atomic E-state index is 12.1. The van der Waals surface area contributed by atoms with Gasteiger partial charge >= 0.3 is 6.61 Å². The molecule has 0 aliphatic rings. The standard InChI is InChI=1S/C9H6Br2F2O2/c1-4(14)7-5(10)2-3-6(11)8(7)15-9(12)13/h2-3,9H,1H3. The molecule has 1 aromatic carbocycles. The molecule has 0 N–H and O–H groups in total. The van der Waals surface area contributed by atoms with Crippen LogP contribution in [0.25, 0.3) is 0 Å². The molecule has 2 nitrogen and oxygen atoms in total. The number of benzene rings is 1. The van der Waals surface area contributed by atoms with Gasteiger partial charge in [-0.05, 0) is 50.9 Å². The van der Waals surface area contributed by atoms with Gasteiger partial charge in [-0.2, -0.15) is 8.78 Å². The number of carbonyl (C=O) groups is 1. The molecule has 0 bridgehead atoms. The fourth-order valence-electron chi connectivity index (χ4n) is 1.07. The third kappa shape index (κ3) is 2.98. The van der Waals surface area contributed by atoms with E-state index >= 15 is 0 Å². The number of ketones is 1. The first kappa shape index (κ1) is 12.6. The number of carbonyl (C=O) groups excluding carboxylic acids is 1. The Kier molecular flexibility index (Phi) is 4.21. The van der Waals surface area contributed by atoms with Crippen LogP contribution < -0.4 is 4.74 Å². The van der Waals surface area contributed by atoms with E-state index in [0.717, 1.165) is 0 Å². The summed E-state index contributed by atoms with van der Waals surface area (Å²) in [7, 11) is 0. The first-order valence-electron chi connectivity index (χ1n) is 3.87. The van der Waals surface area contributed by atoms with E-state index in [1.807, 2.05) is 0 Å². The molecule has 0 unspecified atom stereocenters. The van der Waals surface area contributed by atoms with Crippen molar-refractivity contribution in [2.45, 2.75) is 13.5 Å². The zero-order chi connectivity index (χ0) is 11.6. The lowest BCUT2D eigenvalue weighted by atomic mass is 10.1. The second-order valence-electron chi connectivity index (χ2n) is 2.67. The Labute approximate surface area is 102 Å². The Morgan fingerprint density at radius 2 is 1.87 bits per heavy atom. The SMILES string of the molecule is CC(=O)c1c(Br)ccc(Br)c1OC(F)F. The maximum absolute atomic E-state index is 12.1. The summed E-state index contributed by atoms with van der Waals surface area (Å²) in [4.78, 5) is 11.2. The summed E-state index contributed by atoms with van der Waals surface area (Å²) in [6.07, 6.45) is 0. The number of hydrogen-bond acceptors (Lipinski definition) is 2. The normalized spacial score (nSPS) is 10.5. The van der Waals surface area contributed by atoms with Crippen molar-refractivity contribution >= 4 is 37.6 Å². The van der Waals surface area contributed by atoms with Crippen molar-refractivity contribution in [3.8, 4) is 5.75 Å². The molecule has 0 atom stereocenters. The quantitative estimate of drug-likeness (QED) is 0.775. The van der Waals surface area contributed by atoms with Gasteiger partial charge in [-0.15, -0.1) is 0 Å². The predicted molar refractivity (Wildman–Crippen MR) is 58.5 cm³/mol. The molecule has 0 fully saturated rings. The fraction of sp³-hybridized carbons (Fsp3) is 0.222. The van der Waals surface area contributed by atoms with Crippen LogP contribution in [0.2, 0.25) is 0 Å². The summed E-state index contributed by atoms with van der Waals surface area (Å²) in [6, 6.07) is 3.10. The Bertz CT molecular complexity index is 394. The molecule has 15 heavy (non-hydrogen) atoms. The van der Waals surface area contributed by atoms with Crippen molar-refractivity contribution in [2.75, 3.05) is 0 Å². The van der Waals surface area contributed by atoms with Gasteiger partial charge in [0.2, 0.25) is 0 Å².